The Morgan fingerprint density at radius 3 is 2.83 bits per heavy atom. The predicted molar refractivity (Wildman–Crippen MR) is 69.6 cm³/mol. The van der Waals surface area contributed by atoms with Gasteiger partial charge in [-0.25, -0.2) is 4.79 Å². The molecule has 1 aromatic carbocycles. The van der Waals surface area contributed by atoms with Crippen molar-refractivity contribution in [3.05, 3.63) is 29.8 Å². The fraction of sp³-hybridized carbons (Fsp3) is 0.462. The Morgan fingerprint density at radius 2 is 2.11 bits per heavy atom. The molecule has 5 nitrogen and oxygen atoms in total. The minimum absolute atomic E-state index is 0.315. The number of carbonyl (C=O) groups is 1. The Hall–Kier alpha value is -1.59. The van der Waals surface area contributed by atoms with Crippen molar-refractivity contribution in [1.29, 1.82) is 0 Å². The zero-order chi connectivity index (χ0) is 13.2. The van der Waals surface area contributed by atoms with Gasteiger partial charge in [0.1, 0.15) is 5.75 Å². The van der Waals surface area contributed by atoms with Gasteiger partial charge in [-0.2, -0.15) is 0 Å². The molecule has 0 aliphatic heterocycles. The first-order chi connectivity index (χ1) is 8.74. The van der Waals surface area contributed by atoms with Gasteiger partial charge in [0, 0.05) is 12.1 Å². The Labute approximate surface area is 107 Å². The zero-order valence-corrected chi connectivity index (χ0v) is 10.4. The van der Waals surface area contributed by atoms with Gasteiger partial charge in [0.15, 0.2) is 6.61 Å². The molecule has 0 aromatic heterocycles. The number of carboxylic acid groups (broad SMARTS) is 1. The second-order valence-corrected chi connectivity index (χ2v) is 3.96. The quantitative estimate of drug-likeness (QED) is 0.570. The molecule has 0 aliphatic carbocycles. The van der Waals surface area contributed by atoms with E-state index in [1.165, 1.54) is 0 Å². The summed E-state index contributed by atoms with van der Waals surface area (Å²) in [5.41, 5.74) is 6.37. The highest BCUT2D eigenvalue weighted by Gasteiger charge is 2.04. The molecule has 0 radical (unpaired) electrons. The van der Waals surface area contributed by atoms with Crippen LogP contribution in [0.5, 0.6) is 5.75 Å². The smallest absolute Gasteiger partial charge is 0.341 e. The van der Waals surface area contributed by atoms with Crippen LogP contribution in [0, 0.1) is 0 Å². The second kappa shape index (κ2) is 8.49. The Bertz CT molecular complexity index is 369. The molecule has 0 fully saturated rings. The molecule has 1 rings (SSSR count). The van der Waals surface area contributed by atoms with Crippen molar-refractivity contribution in [3.63, 3.8) is 0 Å². The SMILES string of the molecule is NCCCCNCc1ccccc1OCC(=O)O. The maximum atomic E-state index is 10.5. The number of aliphatic carboxylic acids is 1. The first kappa shape index (κ1) is 14.5. The molecule has 0 bridgehead atoms. The van der Waals surface area contributed by atoms with E-state index in [1.54, 1.807) is 6.07 Å². The van der Waals surface area contributed by atoms with Crippen molar-refractivity contribution in [2.45, 2.75) is 19.4 Å². The van der Waals surface area contributed by atoms with Gasteiger partial charge in [-0.05, 0) is 32.0 Å². The summed E-state index contributed by atoms with van der Waals surface area (Å²) >= 11 is 0. The predicted octanol–water partition coefficient (Wildman–Crippen LogP) is 0.978. The lowest BCUT2D eigenvalue weighted by Crippen LogP contribution is -2.17. The molecule has 0 saturated carbocycles. The second-order valence-electron chi connectivity index (χ2n) is 3.96. The molecule has 4 N–H and O–H groups in total. The van der Waals surface area contributed by atoms with Crippen molar-refractivity contribution < 1.29 is 14.6 Å². The summed E-state index contributed by atoms with van der Waals surface area (Å²) in [7, 11) is 0. The van der Waals surface area contributed by atoms with Crippen LogP contribution in [0.3, 0.4) is 0 Å². The van der Waals surface area contributed by atoms with Gasteiger partial charge in [0.2, 0.25) is 0 Å². The van der Waals surface area contributed by atoms with E-state index in [4.69, 9.17) is 15.6 Å². The third kappa shape index (κ3) is 5.65. The van der Waals surface area contributed by atoms with Crippen LogP contribution in [-0.2, 0) is 11.3 Å². The van der Waals surface area contributed by atoms with Crippen molar-refractivity contribution in [1.82, 2.24) is 5.32 Å². The summed E-state index contributed by atoms with van der Waals surface area (Å²) in [4.78, 5) is 10.5. The molecule has 18 heavy (non-hydrogen) atoms. The van der Waals surface area contributed by atoms with Crippen molar-refractivity contribution in [3.8, 4) is 5.75 Å². The van der Waals surface area contributed by atoms with E-state index in [-0.39, 0.29) is 6.61 Å². The molecule has 0 saturated heterocycles. The number of hydrogen-bond acceptors (Lipinski definition) is 4. The highest BCUT2D eigenvalue weighted by molar-refractivity contribution is 5.68. The molecule has 5 heteroatoms. The van der Waals surface area contributed by atoms with Crippen LogP contribution in [0.1, 0.15) is 18.4 Å². The summed E-state index contributed by atoms with van der Waals surface area (Å²) < 4.78 is 5.22. The topological polar surface area (TPSA) is 84.6 Å². The van der Waals surface area contributed by atoms with Crippen molar-refractivity contribution in [2.24, 2.45) is 5.73 Å². The number of ether oxygens (including phenoxy) is 1. The standard InChI is InChI=1S/C13H20N2O3/c14-7-3-4-8-15-9-11-5-1-2-6-12(11)18-10-13(16)17/h1-2,5-6,15H,3-4,7-10,14H2,(H,16,17). The molecule has 0 heterocycles. The average molecular weight is 252 g/mol. The number of para-hydroxylation sites is 1. The van der Waals surface area contributed by atoms with Gasteiger partial charge in [-0.3, -0.25) is 0 Å². The van der Waals surface area contributed by atoms with Crippen LogP contribution in [0.2, 0.25) is 0 Å². The molecule has 100 valence electrons. The lowest BCUT2D eigenvalue weighted by Gasteiger charge is -2.10. The molecule has 0 atom stereocenters. The van der Waals surface area contributed by atoms with E-state index in [1.807, 2.05) is 18.2 Å². The summed E-state index contributed by atoms with van der Waals surface area (Å²) in [6.07, 6.45) is 2.04. The monoisotopic (exact) mass is 252 g/mol. The van der Waals surface area contributed by atoms with Gasteiger partial charge in [-0.15, -0.1) is 0 Å². The first-order valence-electron chi connectivity index (χ1n) is 6.07. The fourth-order valence-electron chi connectivity index (χ4n) is 1.55. The maximum absolute atomic E-state index is 10.5. The van der Waals surface area contributed by atoms with E-state index >= 15 is 0 Å². The minimum atomic E-state index is -0.972. The number of rotatable bonds is 9. The van der Waals surface area contributed by atoms with Crippen LogP contribution in [0.25, 0.3) is 0 Å². The van der Waals surface area contributed by atoms with Gasteiger partial charge in [0.25, 0.3) is 0 Å². The Morgan fingerprint density at radius 1 is 1.33 bits per heavy atom. The van der Waals surface area contributed by atoms with Gasteiger partial charge < -0.3 is 20.9 Å². The first-order valence-corrected chi connectivity index (χ1v) is 6.07. The summed E-state index contributed by atoms with van der Waals surface area (Å²) in [5, 5.41) is 11.9. The lowest BCUT2D eigenvalue weighted by molar-refractivity contribution is -0.139. The molecule has 0 aliphatic rings. The summed E-state index contributed by atoms with van der Waals surface area (Å²) in [5.74, 6) is -0.355. The molecular formula is C13H20N2O3. The number of nitrogens with one attached hydrogen (secondary N) is 1. The number of carboxylic acids is 1. The minimum Gasteiger partial charge on any atom is -0.482 e. The molecular weight excluding hydrogens is 232 g/mol. The van der Waals surface area contributed by atoms with Crippen LogP contribution in [-0.4, -0.2) is 30.8 Å². The zero-order valence-electron chi connectivity index (χ0n) is 10.4. The lowest BCUT2D eigenvalue weighted by atomic mass is 10.2. The maximum Gasteiger partial charge on any atom is 0.341 e. The van der Waals surface area contributed by atoms with Crippen LogP contribution in [0.15, 0.2) is 24.3 Å². The Kier molecular flexibility index (Phi) is 6.83. The third-order valence-electron chi connectivity index (χ3n) is 2.45. The normalized spacial score (nSPS) is 10.3. The number of unbranched alkanes of at least 4 members (excludes halogenated alkanes) is 1. The number of nitrogens with two attached hydrogens (primary N) is 1. The Balaban J connectivity index is 2.41. The third-order valence-corrected chi connectivity index (χ3v) is 2.45. The number of hydrogen-bond donors (Lipinski definition) is 3. The van der Waals surface area contributed by atoms with Gasteiger partial charge in [-0.1, -0.05) is 18.2 Å². The highest BCUT2D eigenvalue weighted by atomic mass is 16.5. The van der Waals surface area contributed by atoms with E-state index in [0.717, 1.165) is 24.9 Å². The van der Waals surface area contributed by atoms with E-state index in [2.05, 4.69) is 5.32 Å². The van der Waals surface area contributed by atoms with Crippen molar-refractivity contribution >= 4 is 5.97 Å². The molecule has 1 aromatic rings. The average Bonchev–Trinajstić information content (AvgIpc) is 2.37. The van der Waals surface area contributed by atoms with E-state index in [9.17, 15) is 4.79 Å². The van der Waals surface area contributed by atoms with Crippen LogP contribution >= 0.6 is 0 Å². The summed E-state index contributed by atoms with van der Waals surface area (Å²) in [6.45, 7) is 1.95. The number of benzene rings is 1. The largest absolute Gasteiger partial charge is 0.482 e. The van der Waals surface area contributed by atoms with Crippen LogP contribution in [0.4, 0.5) is 0 Å². The fourth-order valence-corrected chi connectivity index (χ4v) is 1.55. The molecule has 0 spiro atoms. The summed E-state index contributed by atoms with van der Waals surface area (Å²) in [6, 6.07) is 7.44. The van der Waals surface area contributed by atoms with Crippen molar-refractivity contribution in [2.75, 3.05) is 19.7 Å². The van der Waals surface area contributed by atoms with Gasteiger partial charge >= 0.3 is 5.97 Å². The molecule has 0 amide bonds. The highest BCUT2D eigenvalue weighted by Crippen LogP contribution is 2.17. The van der Waals surface area contributed by atoms with E-state index in [0.29, 0.717) is 18.8 Å². The molecule has 0 unspecified atom stereocenters. The van der Waals surface area contributed by atoms with Gasteiger partial charge in [0.05, 0.1) is 0 Å². The van der Waals surface area contributed by atoms with Crippen LogP contribution < -0.4 is 15.8 Å². The van der Waals surface area contributed by atoms with E-state index < -0.39 is 5.97 Å².